The first kappa shape index (κ1) is 14.6. The van der Waals surface area contributed by atoms with E-state index in [1.807, 2.05) is 22.8 Å². The highest BCUT2D eigenvalue weighted by Crippen LogP contribution is 2.22. The number of hydrogen-bond acceptors (Lipinski definition) is 4. The number of carbonyl (C=O) groups excluding carboxylic acids is 1. The van der Waals surface area contributed by atoms with Crippen molar-refractivity contribution < 1.29 is 14.3 Å². The van der Waals surface area contributed by atoms with Gasteiger partial charge in [0.05, 0.1) is 30.6 Å². The van der Waals surface area contributed by atoms with Gasteiger partial charge >= 0.3 is 0 Å². The molecule has 0 aliphatic rings. The van der Waals surface area contributed by atoms with E-state index in [-0.39, 0.29) is 6.61 Å². The second kappa shape index (κ2) is 6.58. The third-order valence-electron chi connectivity index (χ3n) is 2.86. The van der Waals surface area contributed by atoms with Gasteiger partial charge < -0.3 is 19.8 Å². The number of carbonyl (C=O) groups is 1. The lowest BCUT2D eigenvalue weighted by molar-refractivity contribution is -0.122. The van der Waals surface area contributed by atoms with Crippen molar-refractivity contribution in [3.8, 4) is 5.75 Å². The van der Waals surface area contributed by atoms with Gasteiger partial charge in [-0.3, -0.25) is 4.79 Å². The molecule has 7 heteroatoms. The summed E-state index contributed by atoms with van der Waals surface area (Å²) >= 11 is 5.91. The zero-order chi connectivity index (χ0) is 14.5. The lowest BCUT2D eigenvalue weighted by Crippen LogP contribution is -2.20. The van der Waals surface area contributed by atoms with Gasteiger partial charge in [-0.05, 0) is 12.1 Å². The van der Waals surface area contributed by atoms with Crippen molar-refractivity contribution in [2.24, 2.45) is 5.73 Å². The van der Waals surface area contributed by atoms with E-state index < -0.39 is 5.91 Å². The Balaban J connectivity index is 2.19. The molecule has 6 nitrogen and oxygen atoms in total. The molecule has 1 aromatic heterocycles. The highest BCUT2D eigenvalue weighted by Gasteiger charge is 2.10. The zero-order valence-corrected chi connectivity index (χ0v) is 11.9. The van der Waals surface area contributed by atoms with Crippen LogP contribution in [-0.2, 0) is 22.0 Å². The van der Waals surface area contributed by atoms with Crippen molar-refractivity contribution >= 4 is 28.5 Å². The van der Waals surface area contributed by atoms with Crippen LogP contribution in [-0.4, -0.2) is 35.8 Å². The minimum Gasteiger partial charge on any atom is -0.497 e. The number of alkyl halides is 1. The maximum atomic E-state index is 10.6. The third-order valence-corrected chi connectivity index (χ3v) is 3.10. The highest BCUT2D eigenvalue weighted by atomic mass is 35.5. The fourth-order valence-corrected chi connectivity index (χ4v) is 2.17. The number of methoxy groups -OCH3 is 1. The van der Waals surface area contributed by atoms with E-state index in [1.165, 1.54) is 0 Å². The molecule has 0 spiro atoms. The van der Waals surface area contributed by atoms with Gasteiger partial charge in [-0.2, -0.15) is 0 Å². The summed E-state index contributed by atoms with van der Waals surface area (Å²) in [7, 11) is 1.61. The van der Waals surface area contributed by atoms with Crippen molar-refractivity contribution in [2.75, 3.05) is 20.3 Å². The van der Waals surface area contributed by atoms with E-state index in [9.17, 15) is 4.79 Å². The molecule has 2 aromatic rings. The van der Waals surface area contributed by atoms with Gasteiger partial charge in [0, 0.05) is 12.6 Å². The number of nitrogens with zero attached hydrogens (tertiary/aromatic N) is 2. The van der Waals surface area contributed by atoms with E-state index in [0.717, 1.165) is 22.6 Å². The van der Waals surface area contributed by atoms with Crippen LogP contribution in [0.3, 0.4) is 0 Å². The van der Waals surface area contributed by atoms with Crippen molar-refractivity contribution in [3.05, 3.63) is 24.0 Å². The normalized spacial score (nSPS) is 10.9. The van der Waals surface area contributed by atoms with E-state index in [2.05, 4.69) is 4.98 Å². The van der Waals surface area contributed by atoms with Crippen LogP contribution in [0, 0.1) is 0 Å². The number of amides is 1. The molecule has 0 atom stereocenters. The Labute approximate surface area is 121 Å². The van der Waals surface area contributed by atoms with E-state index >= 15 is 0 Å². The minimum atomic E-state index is -0.484. The number of halogens is 1. The fourth-order valence-electron chi connectivity index (χ4n) is 1.97. The van der Waals surface area contributed by atoms with Crippen LogP contribution >= 0.6 is 11.6 Å². The smallest absolute Gasteiger partial charge is 0.243 e. The molecule has 0 saturated heterocycles. The first-order chi connectivity index (χ1) is 9.65. The van der Waals surface area contributed by atoms with Crippen LogP contribution in [0.2, 0.25) is 0 Å². The van der Waals surface area contributed by atoms with Crippen molar-refractivity contribution in [3.63, 3.8) is 0 Å². The number of benzene rings is 1. The molecular formula is C13H16ClN3O3. The number of hydrogen-bond donors (Lipinski definition) is 1. The Morgan fingerprint density at radius 1 is 1.50 bits per heavy atom. The predicted octanol–water partition coefficient (Wildman–Crippen LogP) is 1.29. The van der Waals surface area contributed by atoms with E-state index in [1.54, 1.807) is 7.11 Å². The average molecular weight is 298 g/mol. The molecule has 0 fully saturated rings. The Morgan fingerprint density at radius 2 is 2.30 bits per heavy atom. The molecule has 0 aliphatic heterocycles. The number of aromatic nitrogens is 2. The molecule has 108 valence electrons. The van der Waals surface area contributed by atoms with Gasteiger partial charge in [0.2, 0.25) is 5.91 Å². The second-order valence-electron chi connectivity index (χ2n) is 4.19. The van der Waals surface area contributed by atoms with Gasteiger partial charge in [0.1, 0.15) is 18.2 Å². The van der Waals surface area contributed by atoms with Gasteiger partial charge in [-0.1, -0.05) is 0 Å². The van der Waals surface area contributed by atoms with Crippen LogP contribution in [0.15, 0.2) is 18.2 Å². The monoisotopic (exact) mass is 297 g/mol. The summed E-state index contributed by atoms with van der Waals surface area (Å²) in [6.45, 7) is 0.832. The van der Waals surface area contributed by atoms with Gasteiger partial charge in [0.25, 0.3) is 0 Å². The molecule has 0 aliphatic carbocycles. The van der Waals surface area contributed by atoms with Crippen LogP contribution in [0.4, 0.5) is 0 Å². The molecule has 20 heavy (non-hydrogen) atoms. The third kappa shape index (κ3) is 3.20. The van der Waals surface area contributed by atoms with Gasteiger partial charge in [-0.25, -0.2) is 4.98 Å². The van der Waals surface area contributed by atoms with Gasteiger partial charge in [0.15, 0.2) is 0 Å². The van der Waals surface area contributed by atoms with Crippen LogP contribution < -0.4 is 10.5 Å². The SMILES string of the molecule is COc1ccc2c(c1)nc(CCl)n2CCOCC(N)=O. The number of rotatable bonds is 7. The Kier molecular flexibility index (Phi) is 4.81. The second-order valence-corrected chi connectivity index (χ2v) is 4.45. The van der Waals surface area contributed by atoms with Crippen LogP contribution in [0.25, 0.3) is 11.0 Å². The molecule has 0 radical (unpaired) electrons. The fraction of sp³-hybridized carbons (Fsp3) is 0.385. The topological polar surface area (TPSA) is 79.4 Å². The summed E-state index contributed by atoms with van der Waals surface area (Å²) in [5.41, 5.74) is 6.78. The minimum absolute atomic E-state index is 0.0866. The zero-order valence-electron chi connectivity index (χ0n) is 11.1. The molecule has 0 saturated carbocycles. The molecule has 2 N–H and O–H groups in total. The van der Waals surface area contributed by atoms with Gasteiger partial charge in [-0.15, -0.1) is 11.6 Å². The van der Waals surface area contributed by atoms with Crippen LogP contribution in [0.5, 0.6) is 5.75 Å². The number of primary amides is 1. The Bertz CT molecular complexity index is 612. The molecule has 2 rings (SSSR count). The van der Waals surface area contributed by atoms with Crippen LogP contribution in [0.1, 0.15) is 5.82 Å². The predicted molar refractivity (Wildman–Crippen MR) is 75.9 cm³/mol. The summed E-state index contributed by atoms with van der Waals surface area (Å²) in [6, 6.07) is 5.64. The molecule has 1 heterocycles. The summed E-state index contributed by atoms with van der Waals surface area (Å²) in [5.74, 6) is 1.31. The molecule has 0 bridgehead atoms. The van der Waals surface area contributed by atoms with Crippen molar-refractivity contribution in [2.45, 2.75) is 12.4 Å². The van der Waals surface area contributed by atoms with Crippen molar-refractivity contribution in [1.29, 1.82) is 0 Å². The highest BCUT2D eigenvalue weighted by molar-refractivity contribution is 6.16. The Morgan fingerprint density at radius 3 is 2.95 bits per heavy atom. The number of imidazole rings is 1. The standard InChI is InChI=1S/C13H16ClN3O3/c1-19-9-2-3-11-10(6-9)16-13(7-14)17(11)4-5-20-8-12(15)18/h2-3,6H,4-5,7-8H2,1H3,(H2,15,18). The number of ether oxygens (including phenoxy) is 2. The van der Waals surface area contributed by atoms with E-state index in [0.29, 0.717) is 19.0 Å². The Hall–Kier alpha value is -1.79. The largest absolute Gasteiger partial charge is 0.497 e. The molecule has 0 unspecified atom stereocenters. The van der Waals surface area contributed by atoms with Crippen molar-refractivity contribution in [1.82, 2.24) is 9.55 Å². The summed E-state index contributed by atoms with van der Waals surface area (Å²) in [4.78, 5) is 15.1. The van der Waals surface area contributed by atoms with E-state index in [4.69, 9.17) is 26.8 Å². The average Bonchev–Trinajstić information content (AvgIpc) is 2.80. The first-order valence-corrected chi connectivity index (χ1v) is 6.64. The summed E-state index contributed by atoms with van der Waals surface area (Å²) in [6.07, 6.45) is 0. The number of nitrogens with two attached hydrogens (primary N) is 1. The first-order valence-electron chi connectivity index (χ1n) is 6.11. The molecular weight excluding hydrogens is 282 g/mol. The number of fused-ring (bicyclic) bond motifs is 1. The quantitative estimate of drug-likeness (QED) is 0.617. The maximum Gasteiger partial charge on any atom is 0.243 e. The molecule has 1 aromatic carbocycles. The molecule has 1 amide bonds. The maximum absolute atomic E-state index is 10.6. The summed E-state index contributed by atoms with van der Waals surface area (Å²) < 4.78 is 12.3. The lowest BCUT2D eigenvalue weighted by Gasteiger charge is -2.08. The lowest BCUT2D eigenvalue weighted by atomic mass is 10.3. The summed E-state index contributed by atoms with van der Waals surface area (Å²) in [5, 5.41) is 0.